The second kappa shape index (κ2) is 9.22. The minimum atomic E-state index is -2.92. The Morgan fingerprint density at radius 1 is 1.16 bits per heavy atom. The number of amides is 1. The van der Waals surface area contributed by atoms with Crippen LogP contribution in [-0.4, -0.2) is 37.6 Å². The summed E-state index contributed by atoms with van der Waals surface area (Å²) in [4.78, 5) is 13.8. The first-order valence-electron chi connectivity index (χ1n) is 7.64. The molecule has 2 aromatic carbocycles. The molecule has 0 fully saturated rings. The van der Waals surface area contributed by atoms with Crippen molar-refractivity contribution >= 4 is 17.5 Å². The van der Waals surface area contributed by atoms with Crippen molar-refractivity contribution in [1.82, 2.24) is 4.90 Å². The third-order valence-electron chi connectivity index (χ3n) is 3.37. The van der Waals surface area contributed by atoms with Crippen LogP contribution in [0, 0.1) is 0 Å². The highest BCUT2D eigenvalue weighted by atomic mass is 35.5. The molecule has 0 aliphatic heterocycles. The van der Waals surface area contributed by atoms with Gasteiger partial charge < -0.3 is 14.4 Å². The minimum Gasteiger partial charge on any atom is -0.494 e. The van der Waals surface area contributed by atoms with Crippen LogP contribution in [0.3, 0.4) is 0 Å². The van der Waals surface area contributed by atoms with Crippen LogP contribution in [0.5, 0.6) is 11.5 Å². The Kier molecular flexibility index (Phi) is 7.01. The Morgan fingerprint density at radius 3 is 2.56 bits per heavy atom. The molecule has 0 aliphatic carbocycles. The molecule has 0 spiro atoms. The Bertz CT molecular complexity index is 695. The summed E-state index contributed by atoms with van der Waals surface area (Å²) in [6.45, 7) is -2.02. The number of hydrogen-bond donors (Lipinski definition) is 0. The van der Waals surface area contributed by atoms with Crippen molar-refractivity contribution in [3.63, 3.8) is 0 Å². The van der Waals surface area contributed by atoms with Gasteiger partial charge in [-0.3, -0.25) is 4.79 Å². The van der Waals surface area contributed by atoms with Gasteiger partial charge in [0.05, 0.1) is 6.61 Å². The molecule has 25 heavy (non-hydrogen) atoms. The second-order valence-corrected chi connectivity index (χ2v) is 5.73. The predicted molar refractivity (Wildman–Crippen MR) is 91.6 cm³/mol. The lowest BCUT2D eigenvalue weighted by molar-refractivity contribution is -0.0499. The first kappa shape index (κ1) is 19.0. The summed E-state index contributed by atoms with van der Waals surface area (Å²) in [5.74, 6) is 0.391. The Labute approximate surface area is 149 Å². The van der Waals surface area contributed by atoms with Crippen LogP contribution in [0.25, 0.3) is 0 Å². The number of halogens is 3. The van der Waals surface area contributed by atoms with E-state index in [1.165, 1.54) is 23.1 Å². The Hall–Kier alpha value is -2.34. The molecule has 134 valence electrons. The van der Waals surface area contributed by atoms with E-state index in [-0.39, 0.29) is 11.7 Å². The average molecular weight is 370 g/mol. The molecule has 0 saturated carbocycles. The van der Waals surface area contributed by atoms with Gasteiger partial charge in [0.25, 0.3) is 5.91 Å². The van der Waals surface area contributed by atoms with Gasteiger partial charge in [-0.2, -0.15) is 8.78 Å². The fourth-order valence-corrected chi connectivity index (χ4v) is 2.28. The molecular weight excluding hydrogens is 352 g/mol. The summed E-state index contributed by atoms with van der Waals surface area (Å²) in [6, 6.07) is 12.8. The Morgan fingerprint density at radius 2 is 1.88 bits per heavy atom. The van der Waals surface area contributed by atoms with E-state index in [2.05, 4.69) is 4.74 Å². The number of ether oxygens (including phenoxy) is 2. The van der Waals surface area contributed by atoms with Gasteiger partial charge >= 0.3 is 6.61 Å². The Balaban J connectivity index is 1.80. The van der Waals surface area contributed by atoms with E-state index < -0.39 is 6.61 Å². The smallest absolute Gasteiger partial charge is 0.387 e. The highest BCUT2D eigenvalue weighted by Gasteiger charge is 2.13. The molecule has 2 aromatic rings. The number of rotatable bonds is 8. The highest BCUT2D eigenvalue weighted by molar-refractivity contribution is 6.30. The number of carbonyl (C=O) groups excluding carboxylic acids is 1. The molecule has 0 heterocycles. The average Bonchev–Trinajstić information content (AvgIpc) is 2.59. The van der Waals surface area contributed by atoms with Crippen molar-refractivity contribution in [3.8, 4) is 11.5 Å². The van der Waals surface area contributed by atoms with Crippen LogP contribution in [0.1, 0.15) is 16.8 Å². The molecule has 0 aliphatic rings. The van der Waals surface area contributed by atoms with Crippen LogP contribution < -0.4 is 9.47 Å². The molecule has 0 unspecified atom stereocenters. The number of carbonyl (C=O) groups is 1. The second-order valence-electron chi connectivity index (χ2n) is 5.29. The van der Waals surface area contributed by atoms with Crippen molar-refractivity contribution in [2.75, 3.05) is 20.2 Å². The lowest BCUT2D eigenvalue weighted by Gasteiger charge is -2.18. The zero-order valence-corrected chi connectivity index (χ0v) is 14.4. The lowest BCUT2D eigenvalue weighted by Crippen LogP contribution is -2.28. The number of nitrogens with zero attached hydrogens (tertiary/aromatic N) is 1. The lowest BCUT2D eigenvalue weighted by atomic mass is 10.2. The number of benzene rings is 2. The van der Waals surface area contributed by atoms with Gasteiger partial charge in [-0.25, -0.2) is 0 Å². The normalized spacial score (nSPS) is 10.6. The molecule has 0 aromatic heterocycles. The summed E-state index contributed by atoms with van der Waals surface area (Å²) in [5, 5.41) is 0.635. The van der Waals surface area contributed by atoms with Crippen LogP contribution in [0.15, 0.2) is 48.5 Å². The molecule has 1 amide bonds. The monoisotopic (exact) mass is 369 g/mol. The van der Waals surface area contributed by atoms with E-state index in [0.717, 1.165) is 0 Å². The van der Waals surface area contributed by atoms with E-state index in [1.54, 1.807) is 37.4 Å². The van der Waals surface area contributed by atoms with Crippen molar-refractivity contribution in [2.24, 2.45) is 0 Å². The van der Waals surface area contributed by atoms with Gasteiger partial charge in [0.15, 0.2) is 0 Å². The fraction of sp³-hybridized carbons (Fsp3) is 0.278. The van der Waals surface area contributed by atoms with E-state index in [0.29, 0.717) is 35.9 Å². The van der Waals surface area contributed by atoms with Gasteiger partial charge in [0, 0.05) is 24.2 Å². The maximum Gasteiger partial charge on any atom is 0.387 e. The summed E-state index contributed by atoms with van der Waals surface area (Å²) in [6.07, 6.45) is 0.623. The van der Waals surface area contributed by atoms with Gasteiger partial charge in [-0.05, 0) is 48.9 Å². The van der Waals surface area contributed by atoms with Gasteiger partial charge in [-0.15, -0.1) is 0 Å². The summed E-state index contributed by atoms with van der Waals surface area (Å²) >= 11 is 5.80. The highest BCUT2D eigenvalue weighted by Crippen LogP contribution is 2.18. The van der Waals surface area contributed by atoms with E-state index >= 15 is 0 Å². The molecular formula is C18H18ClF2NO3. The maximum atomic E-state index is 12.3. The molecule has 0 N–H and O–H groups in total. The third kappa shape index (κ3) is 6.23. The van der Waals surface area contributed by atoms with Crippen LogP contribution in [0.2, 0.25) is 5.02 Å². The zero-order valence-electron chi connectivity index (χ0n) is 13.6. The summed E-state index contributed by atoms with van der Waals surface area (Å²) in [7, 11) is 1.64. The largest absolute Gasteiger partial charge is 0.494 e. The number of hydrogen-bond acceptors (Lipinski definition) is 3. The maximum absolute atomic E-state index is 12.3. The van der Waals surface area contributed by atoms with Gasteiger partial charge in [0.1, 0.15) is 11.5 Å². The van der Waals surface area contributed by atoms with Crippen molar-refractivity contribution < 1.29 is 23.0 Å². The van der Waals surface area contributed by atoms with E-state index in [1.807, 2.05) is 0 Å². The first-order chi connectivity index (χ1) is 12.0. The van der Waals surface area contributed by atoms with Crippen molar-refractivity contribution in [3.05, 3.63) is 59.1 Å². The molecule has 0 bridgehead atoms. The fourth-order valence-electron chi connectivity index (χ4n) is 2.15. The van der Waals surface area contributed by atoms with Crippen molar-refractivity contribution in [2.45, 2.75) is 13.0 Å². The molecule has 2 rings (SSSR count). The quantitative estimate of drug-likeness (QED) is 0.644. The molecule has 0 atom stereocenters. The zero-order chi connectivity index (χ0) is 18.2. The number of alkyl halides is 2. The van der Waals surface area contributed by atoms with Crippen LogP contribution in [-0.2, 0) is 0 Å². The summed E-state index contributed by atoms with van der Waals surface area (Å²) in [5.41, 5.74) is 0.291. The van der Waals surface area contributed by atoms with E-state index in [9.17, 15) is 13.6 Å². The van der Waals surface area contributed by atoms with Gasteiger partial charge in [0.2, 0.25) is 0 Å². The predicted octanol–water partition coefficient (Wildman–Crippen LogP) is 4.48. The third-order valence-corrected chi connectivity index (χ3v) is 3.63. The van der Waals surface area contributed by atoms with Crippen LogP contribution in [0.4, 0.5) is 8.78 Å². The molecule has 0 radical (unpaired) electrons. The molecule has 0 saturated heterocycles. The molecule has 4 nitrogen and oxygen atoms in total. The topological polar surface area (TPSA) is 38.8 Å². The van der Waals surface area contributed by atoms with Crippen molar-refractivity contribution in [1.29, 1.82) is 0 Å². The van der Waals surface area contributed by atoms with Gasteiger partial charge in [-0.1, -0.05) is 17.7 Å². The first-order valence-corrected chi connectivity index (χ1v) is 8.02. The molecule has 7 heteroatoms. The van der Waals surface area contributed by atoms with Crippen LogP contribution >= 0.6 is 11.6 Å². The van der Waals surface area contributed by atoms with E-state index in [4.69, 9.17) is 16.3 Å². The SMILES string of the molecule is CN(CCCOc1ccc(Cl)cc1)C(=O)c1cccc(OC(F)F)c1. The summed E-state index contributed by atoms with van der Waals surface area (Å²) < 4.78 is 34.3. The minimum absolute atomic E-state index is 0.0414. The standard InChI is InChI=1S/C18H18ClF2NO3/c1-22(10-3-11-24-15-8-6-14(19)7-9-15)17(23)13-4-2-5-16(12-13)25-18(20)21/h2,4-9,12,18H,3,10-11H2,1H3.